The third-order valence-electron chi connectivity index (χ3n) is 5.22. The number of imidazole rings is 1. The number of carbonyl (C=O) groups is 2. The quantitative estimate of drug-likeness (QED) is 0.752. The van der Waals surface area contributed by atoms with Gasteiger partial charge in [-0.1, -0.05) is 17.7 Å². The van der Waals surface area contributed by atoms with Crippen LogP contribution in [-0.4, -0.2) is 27.9 Å². The Bertz CT molecular complexity index is 800. The van der Waals surface area contributed by atoms with Gasteiger partial charge in [0.05, 0.1) is 6.33 Å². The van der Waals surface area contributed by atoms with Gasteiger partial charge >= 0.3 is 0 Å². The van der Waals surface area contributed by atoms with Crippen LogP contribution in [-0.2, 0) is 16.1 Å². The van der Waals surface area contributed by atoms with Crippen molar-refractivity contribution in [3.63, 3.8) is 0 Å². The summed E-state index contributed by atoms with van der Waals surface area (Å²) in [5.41, 5.74) is 4.26. The summed E-state index contributed by atoms with van der Waals surface area (Å²) in [6, 6.07) is 4.09. The van der Waals surface area contributed by atoms with Crippen LogP contribution in [0.2, 0.25) is 0 Å². The van der Waals surface area contributed by atoms with E-state index in [1.807, 2.05) is 39.1 Å². The van der Waals surface area contributed by atoms with E-state index in [1.165, 1.54) is 5.56 Å². The highest BCUT2D eigenvalue weighted by molar-refractivity contribution is 5.94. The Kier molecular flexibility index (Phi) is 5.63. The summed E-state index contributed by atoms with van der Waals surface area (Å²) in [5.74, 6) is -0.195. The monoisotopic (exact) mass is 368 g/mol. The van der Waals surface area contributed by atoms with Crippen molar-refractivity contribution in [3.05, 3.63) is 47.5 Å². The van der Waals surface area contributed by atoms with Crippen LogP contribution in [0.4, 0.5) is 5.69 Å². The number of benzene rings is 1. The zero-order valence-corrected chi connectivity index (χ0v) is 16.3. The predicted molar refractivity (Wildman–Crippen MR) is 105 cm³/mol. The molecule has 6 heteroatoms. The Hall–Kier alpha value is -2.63. The summed E-state index contributed by atoms with van der Waals surface area (Å²) in [5, 5.41) is 5.94. The van der Waals surface area contributed by atoms with Crippen molar-refractivity contribution in [1.29, 1.82) is 0 Å². The largest absolute Gasteiger partial charge is 0.355 e. The van der Waals surface area contributed by atoms with Crippen molar-refractivity contribution in [3.8, 4) is 0 Å². The van der Waals surface area contributed by atoms with E-state index in [4.69, 9.17) is 0 Å². The molecule has 2 N–H and O–H groups in total. The van der Waals surface area contributed by atoms with E-state index in [2.05, 4.69) is 20.2 Å². The average molecular weight is 368 g/mol. The second-order valence-corrected chi connectivity index (χ2v) is 7.83. The third kappa shape index (κ3) is 5.18. The molecule has 1 fully saturated rings. The molecule has 1 heterocycles. The summed E-state index contributed by atoms with van der Waals surface area (Å²) in [7, 11) is 0. The predicted octanol–water partition coefficient (Wildman–Crippen LogP) is 3.12. The SMILES string of the molecule is Cc1cc(C)c(NC(=O)CCC(=O)NCC2(Cn3ccnc3)CC2)c(C)c1. The molecule has 0 atom stereocenters. The van der Waals surface area contributed by atoms with Gasteiger partial charge in [-0.25, -0.2) is 4.98 Å². The lowest BCUT2D eigenvalue weighted by Crippen LogP contribution is -2.32. The number of amides is 2. The molecule has 1 aliphatic carbocycles. The van der Waals surface area contributed by atoms with Crippen molar-refractivity contribution in [2.45, 2.75) is 53.0 Å². The topological polar surface area (TPSA) is 76.0 Å². The maximum atomic E-state index is 12.2. The molecule has 0 radical (unpaired) electrons. The summed E-state index contributed by atoms with van der Waals surface area (Å²) >= 11 is 0. The van der Waals surface area contributed by atoms with Gasteiger partial charge in [-0.2, -0.15) is 0 Å². The third-order valence-corrected chi connectivity index (χ3v) is 5.22. The number of nitrogens with one attached hydrogen (secondary N) is 2. The molecule has 2 amide bonds. The van der Waals surface area contributed by atoms with Gasteiger partial charge in [0.25, 0.3) is 0 Å². The molecular weight excluding hydrogens is 340 g/mol. The molecule has 6 nitrogen and oxygen atoms in total. The molecule has 0 unspecified atom stereocenters. The number of nitrogens with zero attached hydrogens (tertiary/aromatic N) is 2. The fraction of sp³-hybridized carbons (Fsp3) is 0.476. The van der Waals surface area contributed by atoms with Crippen LogP contribution >= 0.6 is 0 Å². The van der Waals surface area contributed by atoms with Gasteiger partial charge in [0, 0.05) is 49.4 Å². The Balaban J connectivity index is 1.42. The van der Waals surface area contributed by atoms with Gasteiger partial charge in [0.1, 0.15) is 0 Å². The van der Waals surface area contributed by atoms with Crippen molar-refractivity contribution in [2.75, 3.05) is 11.9 Å². The second-order valence-electron chi connectivity index (χ2n) is 7.83. The van der Waals surface area contributed by atoms with E-state index < -0.39 is 0 Å². The normalized spacial score (nSPS) is 14.6. The van der Waals surface area contributed by atoms with Crippen LogP contribution in [0.3, 0.4) is 0 Å². The van der Waals surface area contributed by atoms with Gasteiger partial charge in [-0.3, -0.25) is 9.59 Å². The van der Waals surface area contributed by atoms with Crippen molar-refractivity contribution >= 4 is 17.5 Å². The first-order chi connectivity index (χ1) is 12.9. The summed E-state index contributed by atoms with van der Waals surface area (Å²) in [4.78, 5) is 28.4. The molecule has 144 valence electrons. The standard InChI is InChI=1S/C21H28N4O2/c1-15-10-16(2)20(17(3)11-15)24-19(27)5-4-18(26)23-12-21(6-7-21)13-25-9-8-22-14-25/h8-11,14H,4-7,12-13H2,1-3H3,(H,23,26)(H,24,27). The first-order valence-corrected chi connectivity index (χ1v) is 9.47. The molecule has 1 saturated carbocycles. The van der Waals surface area contributed by atoms with Crippen molar-refractivity contribution < 1.29 is 9.59 Å². The van der Waals surface area contributed by atoms with Crippen LogP contribution in [0.25, 0.3) is 0 Å². The van der Waals surface area contributed by atoms with Gasteiger partial charge in [0.2, 0.25) is 11.8 Å². The van der Waals surface area contributed by atoms with E-state index in [0.717, 1.165) is 36.2 Å². The number of aromatic nitrogens is 2. The highest BCUT2D eigenvalue weighted by Gasteiger charge is 2.42. The number of carbonyl (C=O) groups excluding carboxylic acids is 2. The van der Waals surface area contributed by atoms with Crippen LogP contribution in [0.5, 0.6) is 0 Å². The summed E-state index contributed by atoms with van der Waals surface area (Å²) < 4.78 is 2.05. The molecule has 1 aromatic carbocycles. The van der Waals surface area contributed by atoms with Crippen molar-refractivity contribution in [2.24, 2.45) is 5.41 Å². The molecule has 27 heavy (non-hydrogen) atoms. The zero-order valence-electron chi connectivity index (χ0n) is 16.3. The zero-order chi connectivity index (χ0) is 19.4. The van der Waals surface area contributed by atoms with Crippen LogP contribution in [0, 0.1) is 26.2 Å². The number of aryl methyl sites for hydroxylation is 3. The lowest BCUT2D eigenvalue weighted by molar-refractivity contribution is -0.124. The molecule has 0 aliphatic heterocycles. The van der Waals surface area contributed by atoms with E-state index in [-0.39, 0.29) is 30.1 Å². The van der Waals surface area contributed by atoms with Crippen LogP contribution < -0.4 is 10.6 Å². The van der Waals surface area contributed by atoms with Crippen LogP contribution in [0.1, 0.15) is 42.4 Å². The first-order valence-electron chi connectivity index (χ1n) is 9.47. The number of anilines is 1. The van der Waals surface area contributed by atoms with Crippen molar-refractivity contribution in [1.82, 2.24) is 14.9 Å². The lowest BCUT2D eigenvalue weighted by Gasteiger charge is -2.17. The van der Waals surface area contributed by atoms with Gasteiger partial charge in [0.15, 0.2) is 0 Å². The minimum Gasteiger partial charge on any atom is -0.355 e. The van der Waals surface area contributed by atoms with Gasteiger partial charge in [-0.15, -0.1) is 0 Å². The molecule has 0 bridgehead atoms. The van der Waals surface area contributed by atoms with E-state index in [9.17, 15) is 9.59 Å². The van der Waals surface area contributed by atoms with Gasteiger partial charge < -0.3 is 15.2 Å². The fourth-order valence-corrected chi connectivity index (χ4v) is 3.52. The highest BCUT2D eigenvalue weighted by Crippen LogP contribution is 2.46. The van der Waals surface area contributed by atoms with Gasteiger partial charge in [-0.05, 0) is 44.7 Å². The molecule has 3 rings (SSSR count). The minimum absolute atomic E-state index is 0.0700. The molecule has 1 aliphatic rings. The molecular formula is C21H28N4O2. The van der Waals surface area contributed by atoms with E-state index >= 15 is 0 Å². The maximum Gasteiger partial charge on any atom is 0.224 e. The first kappa shape index (κ1) is 19.1. The average Bonchev–Trinajstić information content (AvgIpc) is 3.18. The lowest BCUT2D eigenvalue weighted by atomic mass is 10.0. The Morgan fingerprint density at radius 2 is 1.78 bits per heavy atom. The highest BCUT2D eigenvalue weighted by atomic mass is 16.2. The Morgan fingerprint density at radius 1 is 1.11 bits per heavy atom. The molecule has 0 saturated heterocycles. The summed E-state index contributed by atoms with van der Waals surface area (Å²) in [6.07, 6.45) is 8.13. The number of hydrogen-bond donors (Lipinski definition) is 2. The van der Waals surface area contributed by atoms with E-state index in [1.54, 1.807) is 12.5 Å². The minimum atomic E-state index is -0.125. The summed E-state index contributed by atoms with van der Waals surface area (Å²) in [6.45, 7) is 7.53. The number of rotatable bonds is 8. The second kappa shape index (κ2) is 7.94. The van der Waals surface area contributed by atoms with Crippen LogP contribution in [0.15, 0.2) is 30.9 Å². The molecule has 1 aromatic heterocycles. The van der Waals surface area contributed by atoms with E-state index in [0.29, 0.717) is 6.54 Å². The number of hydrogen-bond acceptors (Lipinski definition) is 3. The Morgan fingerprint density at radius 3 is 2.37 bits per heavy atom. The Labute approximate surface area is 160 Å². The smallest absolute Gasteiger partial charge is 0.224 e. The maximum absolute atomic E-state index is 12.2. The molecule has 2 aromatic rings. The molecule has 0 spiro atoms. The fourth-order valence-electron chi connectivity index (χ4n) is 3.52.